The molecule has 0 spiro atoms. The Hall–Kier alpha value is -1.71. The zero-order chi connectivity index (χ0) is 18.5. The molecule has 0 aliphatic carbocycles. The average Bonchev–Trinajstić information content (AvgIpc) is 2.42. The van der Waals surface area contributed by atoms with Gasteiger partial charge >= 0.3 is 5.97 Å². The minimum Gasteiger partial charge on any atom is -0.504 e. The van der Waals surface area contributed by atoms with Crippen molar-refractivity contribution < 1.29 is 20.1 Å². The van der Waals surface area contributed by atoms with Crippen LogP contribution in [0.4, 0.5) is 0 Å². The first-order valence-corrected chi connectivity index (χ1v) is 8.69. The Morgan fingerprint density at radius 1 is 0.875 bits per heavy atom. The van der Waals surface area contributed by atoms with Crippen molar-refractivity contribution in [3.05, 3.63) is 23.3 Å². The van der Waals surface area contributed by atoms with Crippen LogP contribution in [0.5, 0.6) is 11.5 Å². The number of phenols is 2. The van der Waals surface area contributed by atoms with Crippen molar-refractivity contribution >= 4 is 5.97 Å². The minimum absolute atomic E-state index is 0.0876. The molecule has 1 aromatic carbocycles. The van der Waals surface area contributed by atoms with Crippen molar-refractivity contribution in [3.63, 3.8) is 0 Å². The SMILES string of the molecule is CC(C)(C)CCCc1cc(O)c(O)cc1CCCC(C)(C)C(=O)O. The van der Waals surface area contributed by atoms with Gasteiger partial charge in [0.25, 0.3) is 0 Å². The molecule has 136 valence electrons. The fourth-order valence-corrected chi connectivity index (χ4v) is 2.77. The number of aryl methyl sites for hydroxylation is 2. The summed E-state index contributed by atoms with van der Waals surface area (Å²) in [5.41, 5.74) is 1.57. The van der Waals surface area contributed by atoms with Gasteiger partial charge in [0.05, 0.1) is 5.41 Å². The first-order valence-electron chi connectivity index (χ1n) is 8.69. The highest BCUT2D eigenvalue weighted by Gasteiger charge is 2.26. The molecule has 1 rings (SSSR count). The van der Waals surface area contributed by atoms with E-state index in [0.29, 0.717) is 12.8 Å². The van der Waals surface area contributed by atoms with Crippen LogP contribution in [0, 0.1) is 10.8 Å². The molecule has 0 unspecified atom stereocenters. The molecule has 24 heavy (non-hydrogen) atoms. The average molecular weight is 336 g/mol. The number of hydrogen-bond donors (Lipinski definition) is 3. The summed E-state index contributed by atoms with van der Waals surface area (Å²) in [6.45, 7) is 10.1. The molecule has 0 amide bonds. The van der Waals surface area contributed by atoms with E-state index in [-0.39, 0.29) is 16.9 Å². The fraction of sp³-hybridized carbons (Fsp3) is 0.650. The molecular formula is C20H32O4. The summed E-state index contributed by atoms with van der Waals surface area (Å²) in [7, 11) is 0. The first-order chi connectivity index (χ1) is 10.9. The number of carbonyl (C=O) groups is 1. The molecule has 4 heteroatoms. The van der Waals surface area contributed by atoms with Crippen LogP contribution in [0.15, 0.2) is 12.1 Å². The lowest BCUT2D eigenvalue weighted by Crippen LogP contribution is -2.23. The van der Waals surface area contributed by atoms with Crippen molar-refractivity contribution in [2.24, 2.45) is 10.8 Å². The van der Waals surface area contributed by atoms with E-state index in [1.807, 2.05) is 0 Å². The molecule has 0 aliphatic heterocycles. The minimum atomic E-state index is -0.790. The first kappa shape index (κ1) is 20.3. The summed E-state index contributed by atoms with van der Waals surface area (Å²) in [6, 6.07) is 3.27. The summed E-state index contributed by atoms with van der Waals surface area (Å²) in [5, 5.41) is 28.8. The zero-order valence-corrected chi connectivity index (χ0v) is 15.6. The van der Waals surface area contributed by atoms with Crippen LogP contribution in [0.3, 0.4) is 0 Å². The summed E-state index contributed by atoms with van der Waals surface area (Å²) >= 11 is 0. The van der Waals surface area contributed by atoms with E-state index < -0.39 is 11.4 Å². The highest BCUT2D eigenvalue weighted by molar-refractivity contribution is 5.73. The zero-order valence-electron chi connectivity index (χ0n) is 15.6. The molecule has 0 heterocycles. The summed E-state index contributed by atoms with van der Waals surface area (Å²) < 4.78 is 0. The Kier molecular flexibility index (Phi) is 6.70. The van der Waals surface area contributed by atoms with Crippen LogP contribution in [-0.4, -0.2) is 21.3 Å². The van der Waals surface area contributed by atoms with Gasteiger partial charge in [0.15, 0.2) is 11.5 Å². The molecule has 3 N–H and O–H groups in total. The van der Waals surface area contributed by atoms with E-state index in [1.165, 1.54) is 0 Å². The second kappa shape index (κ2) is 7.91. The number of aliphatic carboxylic acids is 1. The molecule has 0 bridgehead atoms. The smallest absolute Gasteiger partial charge is 0.309 e. The summed E-state index contributed by atoms with van der Waals surface area (Å²) in [5.74, 6) is -0.987. The monoisotopic (exact) mass is 336 g/mol. The van der Waals surface area contributed by atoms with E-state index >= 15 is 0 Å². The second-order valence-electron chi connectivity index (χ2n) is 8.57. The van der Waals surface area contributed by atoms with Crippen LogP contribution in [0.1, 0.15) is 71.4 Å². The molecule has 0 atom stereocenters. The molecule has 4 nitrogen and oxygen atoms in total. The Morgan fingerprint density at radius 2 is 1.29 bits per heavy atom. The Bertz CT molecular complexity index is 568. The van der Waals surface area contributed by atoms with Crippen molar-refractivity contribution in [2.45, 2.75) is 73.1 Å². The van der Waals surface area contributed by atoms with Crippen LogP contribution in [0.25, 0.3) is 0 Å². The maximum absolute atomic E-state index is 11.2. The van der Waals surface area contributed by atoms with Crippen molar-refractivity contribution in [1.82, 2.24) is 0 Å². The summed E-state index contributed by atoms with van der Waals surface area (Å²) in [4.78, 5) is 11.2. The number of carboxylic acid groups (broad SMARTS) is 1. The van der Waals surface area contributed by atoms with Crippen LogP contribution < -0.4 is 0 Å². The van der Waals surface area contributed by atoms with E-state index in [0.717, 1.165) is 36.8 Å². The third-order valence-corrected chi connectivity index (χ3v) is 4.50. The third kappa shape index (κ3) is 6.42. The van der Waals surface area contributed by atoms with Gasteiger partial charge in [0, 0.05) is 0 Å². The van der Waals surface area contributed by atoms with Crippen molar-refractivity contribution in [3.8, 4) is 11.5 Å². The number of carboxylic acids is 1. The van der Waals surface area contributed by atoms with Gasteiger partial charge in [-0.05, 0) is 81.0 Å². The van der Waals surface area contributed by atoms with E-state index in [2.05, 4.69) is 20.8 Å². The van der Waals surface area contributed by atoms with Crippen LogP contribution in [0.2, 0.25) is 0 Å². The Balaban J connectivity index is 2.77. The van der Waals surface area contributed by atoms with Crippen LogP contribution >= 0.6 is 0 Å². The molecule has 0 saturated heterocycles. The normalized spacial score (nSPS) is 12.4. The largest absolute Gasteiger partial charge is 0.504 e. The maximum atomic E-state index is 11.2. The predicted molar refractivity (Wildman–Crippen MR) is 96.5 cm³/mol. The molecule has 0 radical (unpaired) electrons. The number of aromatic hydroxyl groups is 2. The number of rotatable bonds is 8. The van der Waals surface area contributed by atoms with E-state index in [9.17, 15) is 20.1 Å². The fourth-order valence-electron chi connectivity index (χ4n) is 2.77. The van der Waals surface area contributed by atoms with Gasteiger partial charge in [-0.15, -0.1) is 0 Å². The van der Waals surface area contributed by atoms with E-state index in [1.54, 1.807) is 26.0 Å². The van der Waals surface area contributed by atoms with Gasteiger partial charge in [-0.3, -0.25) is 4.79 Å². The lowest BCUT2D eigenvalue weighted by atomic mass is 9.85. The van der Waals surface area contributed by atoms with Gasteiger partial charge in [-0.1, -0.05) is 20.8 Å². The van der Waals surface area contributed by atoms with Gasteiger partial charge in [0.1, 0.15) is 0 Å². The molecule has 0 saturated carbocycles. The molecule has 1 aromatic rings. The molecule has 0 aliphatic rings. The molecule has 0 aromatic heterocycles. The quantitative estimate of drug-likeness (QED) is 0.590. The second-order valence-corrected chi connectivity index (χ2v) is 8.57. The lowest BCUT2D eigenvalue weighted by Gasteiger charge is -2.20. The third-order valence-electron chi connectivity index (χ3n) is 4.50. The summed E-state index contributed by atoms with van der Waals surface area (Å²) in [6.07, 6.45) is 4.96. The van der Waals surface area contributed by atoms with Crippen LogP contribution in [-0.2, 0) is 17.6 Å². The highest BCUT2D eigenvalue weighted by atomic mass is 16.4. The number of benzene rings is 1. The van der Waals surface area contributed by atoms with Gasteiger partial charge in [-0.25, -0.2) is 0 Å². The predicted octanol–water partition coefficient (Wildman–Crippen LogP) is 4.90. The topological polar surface area (TPSA) is 77.8 Å². The Morgan fingerprint density at radius 3 is 1.67 bits per heavy atom. The maximum Gasteiger partial charge on any atom is 0.309 e. The Labute approximate surface area is 145 Å². The van der Waals surface area contributed by atoms with Gasteiger partial charge in [-0.2, -0.15) is 0 Å². The van der Waals surface area contributed by atoms with Gasteiger partial charge < -0.3 is 15.3 Å². The van der Waals surface area contributed by atoms with Crippen molar-refractivity contribution in [2.75, 3.05) is 0 Å². The standard InChI is InChI=1S/C20H32O4/c1-19(2,3)10-6-8-14-12-16(21)17(22)13-15(14)9-7-11-20(4,5)18(23)24/h12-13,21-22H,6-11H2,1-5H3,(H,23,24). The lowest BCUT2D eigenvalue weighted by molar-refractivity contribution is -0.147. The van der Waals surface area contributed by atoms with E-state index in [4.69, 9.17) is 0 Å². The van der Waals surface area contributed by atoms with Crippen molar-refractivity contribution in [1.29, 1.82) is 0 Å². The number of hydrogen-bond acceptors (Lipinski definition) is 3. The molecular weight excluding hydrogens is 304 g/mol. The molecule has 0 fully saturated rings. The van der Waals surface area contributed by atoms with Gasteiger partial charge in [0.2, 0.25) is 0 Å². The number of phenolic OH excluding ortho intramolecular Hbond substituents is 2. The highest BCUT2D eigenvalue weighted by Crippen LogP contribution is 2.32.